The van der Waals surface area contributed by atoms with Crippen molar-refractivity contribution in [1.82, 2.24) is 0 Å². The molecule has 104 valence electrons. The van der Waals surface area contributed by atoms with E-state index < -0.39 is 0 Å². The molecule has 0 saturated carbocycles. The van der Waals surface area contributed by atoms with Gasteiger partial charge in [-0.1, -0.05) is 11.8 Å². The van der Waals surface area contributed by atoms with Crippen molar-refractivity contribution in [2.24, 2.45) is 0 Å². The molecule has 1 N–H and O–H groups in total. The molecule has 1 aromatic heterocycles. The minimum absolute atomic E-state index is 0.124. The average Bonchev–Trinajstić information content (AvgIpc) is 2.94. The topological polar surface area (TPSA) is 29.5 Å². The van der Waals surface area contributed by atoms with Gasteiger partial charge in [-0.15, -0.1) is 23.1 Å². The van der Waals surface area contributed by atoms with Crippen molar-refractivity contribution in [2.75, 3.05) is 13.7 Å². The molecule has 0 atom stereocenters. The first-order valence-electron chi connectivity index (χ1n) is 6.27. The Balaban J connectivity index is 1.89. The third-order valence-electron chi connectivity index (χ3n) is 2.55. The molecule has 1 heterocycles. The summed E-state index contributed by atoms with van der Waals surface area (Å²) < 4.78 is 5.14. The summed E-state index contributed by atoms with van der Waals surface area (Å²) in [6, 6.07) is 12.2. The molecule has 1 aromatic carbocycles. The number of hydrogen-bond donors (Lipinski definition) is 1. The zero-order chi connectivity index (χ0) is 14.2. The monoisotopic (exact) mass is 304 g/mol. The van der Waals surface area contributed by atoms with E-state index in [4.69, 9.17) is 9.84 Å². The number of methoxy groups -OCH3 is 1. The number of rotatable bonds is 5. The molecule has 0 aliphatic heterocycles. The second-order valence-electron chi connectivity index (χ2n) is 4.01. The average molecular weight is 304 g/mol. The molecule has 0 amide bonds. The van der Waals surface area contributed by atoms with Crippen LogP contribution in [0.15, 0.2) is 41.3 Å². The van der Waals surface area contributed by atoms with Crippen LogP contribution in [0.2, 0.25) is 0 Å². The number of hydrogen-bond acceptors (Lipinski definition) is 4. The summed E-state index contributed by atoms with van der Waals surface area (Å²) in [7, 11) is 1.67. The second kappa shape index (κ2) is 8.01. The zero-order valence-electron chi connectivity index (χ0n) is 11.3. The smallest absolute Gasteiger partial charge is 0.118 e. The lowest BCUT2D eigenvalue weighted by atomic mass is 10.3. The number of benzene rings is 1. The Morgan fingerprint density at radius 3 is 2.70 bits per heavy atom. The summed E-state index contributed by atoms with van der Waals surface area (Å²) in [5.41, 5.74) is 0. The van der Waals surface area contributed by atoms with E-state index in [2.05, 4.69) is 30.0 Å². The number of aliphatic hydroxyl groups excluding tert-OH is 1. The Kier molecular flexibility index (Phi) is 6.00. The van der Waals surface area contributed by atoms with Gasteiger partial charge in [-0.2, -0.15) is 0 Å². The maximum absolute atomic E-state index is 8.69. The zero-order valence-corrected chi connectivity index (χ0v) is 12.9. The molecule has 2 aromatic rings. The molecule has 0 radical (unpaired) electrons. The summed E-state index contributed by atoms with van der Waals surface area (Å²) in [4.78, 5) is 3.59. The summed E-state index contributed by atoms with van der Waals surface area (Å²) in [5.74, 6) is 7.83. The third-order valence-corrected chi connectivity index (χ3v) is 4.79. The molecular weight excluding hydrogens is 288 g/mol. The Morgan fingerprint density at radius 2 is 2.00 bits per heavy atom. The quantitative estimate of drug-likeness (QED) is 0.673. The van der Waals surface area contributed by atoms with Crippen LogP contribution in [-0.2, 0) is 5.75 Å². The van der Waals surface area contributed by atoms with Crippen molar-refractivity contribution in [3.8, 4) is 17.6 Å². The minimum Gasteiger partial charge on any atom is -0.497 e. The molecule has 0 aliphatic carbocycles. The molecule has 0 aliphatic rings. The predicted octanol–water partition coefficient (Wildman–Crippen LogP) is 3.78. The first-order valence-corrected chi connectivity index (χ1v) is 8.07. The van der Waals surface area contributed by atoms with E-state index in [-0.39, 0.29) is 6.61 Å². The fourth-order valence-corrected chi connectivity index (χ4v) is 3.38. The van der Waals surface area contributed by atoms with E-state index in [1.54, 1.807) is 30.2 Å². The van der Waals surface area contributed by atoms with E-state index >= 15 is 0 Å². The minimum atomic E-state index is 0.124. The van der Waals surface area contributed by atoms with Crippen molar-refractivity contribution >= 4 is 23.1 Å². The Morgan fingerprint density at radius 1 is 1.20 bits per heavy atom. The van der Waals surface area contributed by atoms with Gasteiger partial charge in [0, 0.05) is 21.9 Å². The molecule has 0 fully saturated rings. The van der Waals surface area contributed by atoms with Gasteiger partial charge < -0.3 is 9.84 Å². The van der Waals surface area contributed by atoms with Crippen LogP contribution in [-0.4, -0.2) is 18.8 Å². The fourth-order valence-electron chi connectivity index (χ4n) is 1.55. The van der Waals surface area contributed by atoms with Crippen LogP contribution in [0.25, 0.3) is 0 Å². The molecular formula is C16H16O2S2. The van der Waals surface area contributed by atoms with E-state index in [0.717, 1.165) is 16.4 Å². The van der Waals surface area contributed by atoms with Crippen LogP contribution in [0.5, 0.6) is 5.75 Å². The molecule has 0 spiro atoms. The summed E-state index contributed by atoms with van der Waals surface area (Å²) in [5, 5.41) is 8.69. The summed E-state index contributed by atoms with van der Waals surface area (Å²) in [6.07, 6.45) is 0.536. The summed E-state index contributed by atoms with van der Waals surface area (Å²) >= 11 is 3.51. The van der Waals surface area contributed by atoms with E-state index in [0.29, 0.717) is 6.42 Å². The van der Waals surface area contributed by atoms with Crippen molar-refractivity contribution in [2.45, 2.75) is 17.1 Å². The lowest BCUT2D eigenvalue weighted by Crippen LogP contribution is -1.81. The normalized spacial score (nSPS) is 9.90. The lowest BCUT2D eigenvalue weighted by molar-refractivity contribution is 0.305. The van der Waals surface area contributed by atoms with E-state index in [1.807, 2.05) is 18.2 Å². The van der Waals surface area contributed by atoms with Gasteiger partial charge in [0.15, 0.2) is 0 Å². The van der Waals surface area contributed by atoms with Gasteiger partial charge in [-0.05, 0) is 36.4 Å². The highest BCUT2D eigenvalue weighted by Crippen LogP contribution is 2.27. The predicted molar refractivity (Wildman–Crippen MR) is 85.5 cm³/mol. The first kappa shape index (κ1) is 15.0. The van der Waals surface area contributed by atoms with Crippen LogP contribution in [0.3, 0.4) is 0 Å². The SMILES string of the molecule is COc1ccc(SCc2ccc(C#CCCO)s2)cc1. The first-order chi connectivity index (χ1) is 9.81. The van der Waals surface area contributed by atoms with E-state index in [9.17, 15) is 0 Å². The van der Waals surface area contributed by atoms with Gasteiger partial charge in [0.25, 0.3) is 0 Å². The largest absolute Gasteiger partial charge is 0.497 e. The van der Waals surface area contributed by atoms with Gasteiger partial charge in [0.1, 0.15) is 5.75 Å². The molecule has 20 heavy (non-hydrogen) atoms. The molecule has 4 heteroatoms. The van der Waals surface area contributed by atoms with Gasteiger partial charge in [0.2, 0.25) is 0 Å². The number of thiophene rings is 1. The van der Waals surface area contributed by atoms with Crippen LogP contribution in [0, 0.1) is 11.8 Å². The van der Waals surface area contributed by atoms with Crippen LogP contribution < -0.4 is 4.74 Å². The van der Waals surface area contributed by atoms with E-state index in [1.165, 1.54) is 9.77 Å². The number of aliphatic hydroxyl groups is 1. The molecule has 2 rings (SSSR count). The molecule has 0 saturated heterocycles. The maximum Gasteiger partial charge on any atom is 0.118 e. The third kappa shape index (κ3) is 4.61. The van der Waals surface area contributed by atoms with Crippen molar-refractivity contribution in [3.63, 3.8) is 0 Å². The molecule has 0 unspecified atom stereocenters. The van der Waals surface area contributed by atoms with Crippen LogP contribution >= 0.6 is 23.1 Å². The van der Waals surface area contributed by atoms with Crippen molar-refractivity contribution < 1.29 is 9.84 Å². The van der Waals surface area contributed by atoms with Gasteiger partial charge in [-0.25, -0.2) is 0 Å². The lowest BCUT2D eigenvalue weighted by Gasteiger charge is -2.02. The highest BCUT2D eigenvalue weighted by atomic mass is 32.2. The van der Waals surface area contributed by atoms with Gasteiger partial charge in [0.05, 0.1) is 18.6 Å². The van der Waals surface area contributed by atoms with Crippen molar-refractivity contribution in [3.05, 3.63) is 46.2 Å². The Hall–Kier alpha value is -1.41. The number of ether oxygens (including phenoxy) is 1. The van der Waals surface area contributed by atoms with Crippen molar-refractivity contribution in [1.29, 1.82) is 0 Å². The summed E-state index contributed by atoms with van der Waals surface area (Å²) in [6.45, 7) is 0.124. The highest BCUT2D eigenvalue weighted by molar-refractivity contribution is 7.98. The standard InChI is InChI=1S/C16H16O2S2/c1-18-13-5-7-14(8-6-13)19-12-16-10-9-15(20-16)4-2-3-11-17/h5-10,17H,3,11-12H2,1H3. The van der Waals surface area contributed by atoms with Gasteiger partial charge in [-0.3, -0.25) is 0 Å². The van der Waals surface area contributed by atoms with Crippen LogP contribution in [0.1, 0.15) is 16.2 Å². The Labute approximate surface area is 127 Å². The fraction of sp³-hybridized carbons (Fsp3) is 0.250. The highest BCUT2D eigenvalue weighted by Gasteiger charge is 2.00. The Bertz CT molecular complexity index is 591. The molecule has 0 bridgehead atoms. The van der Waals surface area contributed by atoms with Crippen LogP contribution in [0.4, 0.5) is 0 Å². The number of thioether (sulfide) groups is 1. The second-order valence-corrected chi connectivity index (χ2v) is 6.22. The van der Waals surface area contributed by atoms with Gasteiger partial charge >= 0.3 is 0 Å². The molecule has 2 nitrogen and oxygen atoms in total. The maximum atomic E-state index is 8.69.